The zero-order valence-corrected chi connectivity index (χ0v) is 30.6. The SMILES string of the molecule is C(C=Cc1ccccc1)=Cc1ccccc1.Cc1cc2c(-c3ccccc3)cccc2[cH-]1.Cc1cc2c(-c3ccccc3)cccc2[cH-]1.[Zr+2]. The molecule has 0 spiro atoms. The maximum Gasteiger partial charge on any atom is 2.00 e. The van der Waals surface area contributed by atoms with Crippen LogP contribution in [0.15, 0.2) is 194 Å². The smallest absolute Gasteiger partial charge is 0.165 e. The van der Waals surface area contributed by atoms with Gasteiger partial charge in [-0.25, -0.2) is 0 Å². The first-order valence-electron chi connectivity index (χ1n) is 16.5. The van der Waals surface area contributed by atoms with Gasteiger partial charge in [0.15, 0.2) is 0 Å². The average molecular weight is 708 g/mol. The molecule has 0 fully saturated rings. The maximum absolute atomic E-state index is 2.26. The van der Waals surface area contributed by atoms with Crippen molar-refractivity contribution in [3.05, 3.63) is 216 Å². The Morgan fingerprint density at radius 3 is 1.10 bits per heavy atom. The van der Waals surface area contributed by atoms with E-state index < -0.39 is 0 Å². The largest absolute Gasteiger partial charge is 2.00 e. The van der Waals surface area contributed by atoms with Gasteiger partial charge in [-0.15, -0.1) is 69.1 Å². The molecule has 8 aromatic rings. The van der Waals surface area contributed by atoms with Gasteiger partial charge >= 0.3 is 26.2 Å². The van der Waals surface area contributed by atoms with Gasteiger partial charge in [-0.3, -0.25) is 0 Å². The number of rotatable bonds is 5. The second-order valence-electron chi connectivity index (χ2n) is 12.0. The molecule has 0 N–H and O–H groups in total. The van der Waals surface area contributed by atoms with Gasteiger partial charge < -0.3 is 0 Å². The molecular formula is C48H40Zr. The molecule has 0 nitrogen and oxygen atoms in total. The summed E-state index contributed by atoms with van der Waals surface area (Å²) in [6.45, 7) is 4.30. The number of fused-ring (bicyclic) bond motifs is 2. The minimum atomic E-state index is 0. The van der Waals surface area contributed by atoms with E-state index in [0.29, 0.717) is 0 Å². The third-order valence-electron chi connectivity index (χ3n) is 8.25. The predicted molar refractivity (Wildman–Crippen MR) is 210 cm³/mol. The molecule has 0 saturated carbocycles. The first-order valence-corrected chi connectivity index (χ1v) is 16.5. The van der Waals surface area contributed by atoms with E-state index in [9.17, 15) is 0 Å². The molecule has 0 atom stereocenters. The molecule has 0 amide bonds. The Balaban J connectivity index is 0.000000142. The minimum absolute atomic E-state index is 0. The van der Waals surface area contributed by atoms with Gasteiger partial charge in [-0.2, -0.15) is 12.1 Å². The Kier molecular flexibility index (Phi) is 12.9. The van der Waals surface area contributed by atoms with Crippen molar-refractivity contribution in [1.29, 1.82) is 0 Å². The first-order chi connectivity index (χ1) is 23.6. The first kappa shape index (κ1) is 35.2. The van der Waals surface area contributed by atoms with E-state index in [0.717, 1.165) is 0 Å². The summed E-state index contributed by atoms with van der Waals surface area (Å²) in [6, 6.07) is 63.7. The average Bonchev–Trinajstić information content (AvgIpc) is 3.73. The summed E-state index contributed by atoms with van der Waals surface area (Å²) in [5.74, 6) is 0. The van der Waals surface area contributed by atoms with E-state index in [-0.39, 0.29) is 26.2 Å². The van der Waals surface area contributed by atoms with Crippen LogP contribution in [0.3, 0.4) is 0 Å². The van der Waals surface area contributed by atoms with Gasteiger partial charge in [0.05, 0.1) is 0 Å². The predicted octanol–water partition coefficient (Wildman–Crippen LogP) is 13.5. The van der Waals surface area contributed by atoms with Crippen LogP contribution in [0.25, 0.3) is 56.0 Å². The van der Waals surface area contributed by atoms with Crippen molar-refractivity contribution in [3.8, 4) is 22.3 Å². The second kappa shape index (κ2) is 17.9. The summed E-state index contributed by atoms with van der Waals surface area (Å²) in [5.41, 5.74) is 10.3. The molecule has 0 bridgehead atoms. The molecule has 0 aliphatic carbocycles. The van der Waals surface area contributed by atoms with Crippen molar-refractivity contribution in [2.75, 3.05) is 0 Å². The van der Waals surface area contributed by atoms with Crippen LogP contribution in [0.2, 0.25) is 0 Å². The summed E-state index contributed by atoms with van der Waals surface area (Å²) in [4.78, 5) is 0. The second-order valence-corrected chi connectivity index (χ2v) is 12.0. The van der Waals surface area contributed by atoms with E-state index in [1.54, 1.807) is 0 Å². The van der Waals surface area contributed by atoms with Crippen LogP contribution in [0, 0.1) is 13.8 Å². The number of hydrogen-bond acceptors (Lipinski definition) is 0. The van der Waals surface area contributed by atoms with Crippen molar-refractivity contribution >= 4 is 33.7 Å². The van der Waals surface area contributed by atoms with Gasteiger partial charge in [0.2, 0.25) is 0 Å². The Morgan fingerprint density at radius 1 is 0.388 bits per heavy atom. The molecule has 49 heavy (non-hydrogen) atoms. The van der Waals surface area contributed by atoms with Crippen LogP contribution in [0.1, 0.15) is 22.3 Å². The van der Waals surface area contributed by atoms with Crippen molar-refractivity contribution in [2.24, 2.45) is 0 Å². The van der Waals surface area contributed by atoms with Crippen LogP contribution in [0.5, 0.6) is 0 Å². The van der Waals surface area contributed by atoms with Gasteiger partial charge in [-0.05, 0) is 22.3 Å². The Morgan fingerprint density at radius 2 is 0.735 bits per heavy atom. The number of allylic oxidation sites excluding steroid dienone is 2. The van der Waals surface area contributed by atoms with Gasteiger partial charge in [-0.1, -0.05) is 183 Å². The van der Waals surface area contributed by atoms with Gasteiger partial charge in [0.1, 0.15) is 0 Å². The fourth-order valence-electron chi connectivity index (χ4n) is 5.97. The molecule has 8 aromatic carbocycles. The molecule has 0 radical (unpaired) electrons. The maximum atomic E-state index is 2.26. The van der Waals surface area contributed by atoms with Crippen molar-refractivity contribution in [3.63, 3.8) is 0 Å². The molecule has 0 aromatic heterocycles. The van der Waals surface area contributed by atoms with Crippen LogP contribution >= 0.6 is 0 Å². The quantitative estimate of drug-likeness (QED) is 0.123. The van der Waals surface area contributed by atoms with E-state index in [1.807, 2.05) is 36.4 Å². The standard InChI is InChI=1S/2C16H13.C16H14.Zr/c2*1-12-10-14-8-5-9-15(16(14)11-12)13-6-3-2-4-7-13;1-3-9-15(10-4-1)13-7-8-14-16-11-5-2-6-12-16;/h2*2-11H,1H3;1-14H;/q2*-1;;+2. The van der Waals surface area contributed by atoms with Crippen molar-refractivity contribution in [2.45, 2.75) is 13.8 Å². The summed E-state index contributed by atoms with van der Waals surface area (Å²) in [7, 11) is 0. The summed E-state index contributed by atoms with van der Waals surface area (Å²) < 4.78 is 0. The van der Waals surface area contributed by atoms with Crippen LogP contribution in [-0.4, -0.2) is 0 Å². The van der Waals surface area contributed by atoms with Crippen molar-refractivity contribution in [1.82, 2.24) is 0 Å². The Hall–Kier alpha value is -5.10. The van der Waals surface area contributed by atoms with E-state index in [1.165, 1.54) is 66.1 Å². The molecule has 236 valence electrons. The molecule has 8 rings (SSSR count). The fraction of sp³-hybridized carbons (Fsp3) is 0.0417. The minimum Gasteiger partial charge on any atom is -0.165 e. The normalized spacial score (nSPS) is 10.7. The topological polar surface area (TPSA) is 0 Å². The molecular weight excluding hydrogens is 668 g/mol. The summed E-state index contributed by atoms with van der Waals surface area (Å²) in [6.07, 6.45) is 8.31. The third kappa shape index (κ3) is 9.73. The number of aryl methyl sites for hydroxylation is 2. The summed E-state index contributed by atoms with van der Waals surface area (Å²) in [5, 5.41) is 5.37. The zero-order chi connectivity index (χ0) is 33.0. The third-order valence-corrected chi connectivity index (χ3v) is 8.25. The molecule has 0 saturated heterocycles. The number of benzene rings is 6. The molecule has 1 heteroatoms. The fourth-order valence-corrected chi connectivity index (χ4v) is 5.97. The Labute approximate surface area is 310 Å². The summed E-state index contributed by atoms with van der Waals surface area (Å²) >= 11 is 0. The van der Waals surface area contributed by atoms with Crippen LogP contribution in [0.4, 0.5) is 0 Å². The van der Waals surface area contributed by atoms with Crippen LogP contribution < -0.4 is 0 Å². The monoisotopic (exact) mass is 706 g/mol. The number of hydrogen-bond donors (Lipinski definition) is 0. The molecule has 0 aliphatic heterocycles. The molecule has 0 heterocycles. The van der Waals surface area contributed by atoms with E-state index in [4.69, 9.17) is 0 Å². The van der Waals surface area contributed by atoms with E-state index >= 15 is 0 Å². The molecule has 0 aliphatic rings. The van der Waals surface area contributed by atoms with Gasteiger partial charge in [0.25, 0.3) is 0 Å². The van der Waals surface area contributed by atoms with E-state index in [2.05, 4.69) is 184 Å². The molecule has 0 unspecified atom stereocenters. The van der Waals surface area contributed by atoms with Crippen LogP contribution in [-0.2, 0) is 26.2 Å². The Bertz CT molecular complexity index is 2050. The zero-order valence-electron chi connectivity index (χ0n) is 28.1. The van der Waals surface area contributed by atoms with Crippen molar-refractivity contribution < 1.29 is 26.2 Å². The van der Waals surface area contributed by atoms with Gasteiger partial charge in [0, 0.05) is 0 Å².